The van der Waals surface area contributed by atoms with Gasteiger partial charge in [0.1, 0.15) is 11.4 Å². The van der Waals surface area contributed by atoms with Gasteiger partial charge in [-0.05, 0) is 43.4 Å². The van der Waals surface area contributed by atoms with E-state index in [1.807, 2.05) is 7.05 Å². The van der Waals surface area contributed by atoms with Crippen molar-refractivity contribution in [2.45, 2.75) is 18.9 Å². The summed E-state index contributed by atoms with van der Waals surface area (Å²) in [6.45, 7) is 3.09. The Morgan fingerprint density at radius 1 is 1.05 bits per heavy atom. The smallest absolute Gasteiger partial charge is 0.141 e. The minimum Gasteiger partial charge on any atom is -0.481 e. The molecule has 2 aromatic carbocycles. The molecule has 3 heteroatoms. The second-order valence-corrected chi connectivity index (χ2v) is 6.59. The summed E-state index contributed by atoms with van der Waals surface area (Å²) in [4.78, 5) is 1.26. The molecule has 0 aliphatic rings. The monoisotopic (exact) mass is 311 g/mol. The minimum atomic E-state index is -0.318. The zero-order valence-corrected chi connectivity index (χ0v) is 13.8. The summed E-state index contributed by atoms with van der Waals surface area (Å²) >= 11 is 1.75. The highest BCUT2D eigenvalue weighted by Gasteiger charge is 2.30. The minimum absolute atomic E-state index is 0.318. The van der Waals surface area contributed by atoms with Gasteiger partial charge in [-0.1, -0.05) is 42.5 Å². The van der Waals surface area contributed by atoms with Crippen molar-refractivity contribution >= 4 is 22.1 Å². The second-order valence-electron chi connectivity index (χ2n) is 5.64. The largest absolute Gasteiger partial charge is 0.481 e. The maximum atomic E-state index is 6.53. The maximum Gasteiger partial charge on any atom is 0.141 e. The molecule has 0 fully saturated rings. The lowest BCUT2D eigenvalue weighted by Crippen LogP contribution is -2.32. The first-order chi connectivity index (χ1) is 10.7. The van der Waals surface area contributed by atoms with Crippen molar-refractivity contribution in [1.82, 2.24) is 5.32 Å². The fourth-order valence-corrected chi connectivity index (χ4v) is 3.55. The highest BCUT2D eigenvalue weighted by molar-refractivity contribution is 7.10. The molecule has 0 aliphatic carbocycles. The Hall–Kier alpha value is -1.84. The first-order valence-electron chi connectivity index (χ1n) is 7.58. The first-order valence-corrected chi connectivity index (χ1v) is 8.46. The number of ether oxygens (including phenoxy) is 1. The van der Waals surface area contributed by atoms with E-state index in [0.717, 1.165) is 24.1 Å². The van der Waals surface area contributed by atoms with Crippen molar-refractivity contribution in [1.29, 1.82) is 0 Å². The van der Waals surface area contributed by atoms with Crippen molar-refractivity contribution in [2.24, 2.45) is 0 Å². The van der Waals surface area contributed by atoms with Crippen LogP contribution in [-0.4, -0.2) is 13.6 Å². The molecule has 1 atom stereocenters. The Morgan fingerprint density at radius 2 is 1.86 bits per heavy atom. The molecule has 1 unspecified atom stereocenters. The van der Waals surface area contributed by atoms with E-state index in [1.54, 1.807) is 11.3 Å². The summed E-state index contributed by atoms with van der Waals surface area (Å²) in [6, 6.07) is 18.9. The predicted molar refractivity (Wildman–Crippen MR) is 94.8 cm³/mol. The average molecular weight is 311 g/mol. The molecule has 22 heavy (non-hydrogen) atoms. The number of rotatable bonds is 6. The van der Waals surface area contributed by atoms with Gasteiger partial charge in [0.2, 0.25) is 0 Å². The fourth-order valence-electron chi connectivity index (χ4n) is 2.69. The summed E-state index contributed by atoms with van der Waals surface area (Å²) in [7, 11) is 1.98. The van der Waals surface area contributed by atoms with Gasteiger partial charge in [-0.25, -0.2) is 0 Å². The van der Waals surface area contributed by atoms with Crippen molar-refractivity contribution in [3.8, 4) is 5.75 Å². The summed E-state index contributed by atoms with van der Waals surface area (Å²) in [5.74, 6) is 0.949. The van der Waals surface area contributed by atoms with E-state index in [1.165, 1.54) is 10.3 Å². The Kier molecular flexibility index (Phi) is 4.46. The molecular formula is C19H21NOS. The molecule has 0 saturated carbocycles. The van der Waals surface area contributed by atoms with Crippen molar-refractivity contribution in [3.05, 3.63) is 64.9 Å². The SMILES string of the molecule is CNCCC(C)(Oc1cccc2ccccc12)c1cccs1. The van der Waals surface area contributed by atoms with Crippen LogP contribution in [0.1, 0.15) is 18.2 Å². The standard InChI is InChI=1S/C19H21NOS/c1-19(12-13-20-2,18-11-6-14-22-18)21-17-10-5-8-15-7-3-4-9-16(15)17/h3-11,14,20H,12-13H2,1-2H3. The van der Waals surface area contributed by atoms with Crippen LogP contribution in [0.25, 0.3) is 10.8 Å². The number of benzene rings is 2. The van der Waals surface area contributed by atoms with Gasteiger partial charge in [0.05, 0.1) is 0 Å². The van der Waals surface area contributed by atoms with E-state index >= 15 is 0 Å². The maximum absolute atomic E-state index is 6.53. The van der Waals surface area contributed by atoms with Gasteiger partial charge in [0, 0.05) is 16.7 Å². The lowest BCUT2D eigenvalue weighted by Gasteiger charge is -2.30. The van der Waals surface area contributed by atoms with Crippen molar-refractivity contribution in [3.63, 3.8) is 0 Å². The molecule has 114 valence electrons. The molecule has 0 saturated heterocycles. The molecule has 2 nitrogen and oxygen atoms in total. The molecule has 0 amide bonds. The van der Waals surface area contributed by atoms with E-state index in [4.69, 9.17) is 4.74 Å². The van der Waals surface area contributed by atoms with Gasteiger partial charge in [-0.3, -0.25) is 0 Å². The van der Waals surface area contributed by atoms with Crippen LogP contribution < -0.4 is 10.1 Å². The third-order valence-corrected chi connectivity index (χ3v) is 5.09. The molecule has 1 heterocycles. The zero-order chi connectivity index (χ0) is 15.4. The zero-order valence-electron chi connectivity index (χ0n) is 13.0. The summed E-state index contributed by atoms with van der Waals surface area (Å²) in [5.41, 5.74) is -0.318. The van der Waals surface area contributed by atoms with Gasteiger partial charge in [-0.15, -0.1) is 11.3 Å². The van der Waals surface area contributed by atoms with E-state index in [9.17, 15) is 0 Å². The number of hydrogen-bond donors (Lipinski definition) is 1. The molecule has 1 N–H and O–H groups in total. The number of fused-ring (bicyclic) bond motifs is 1. The summed E-state index contributed by atoms with van der Waals surface area (Å²) in [5, 5.41) is 7.72. The van der Waals surface area contributed by atoms with Crippen LogP contribution in [0, 0.1) is 0 Å². The number of thiophene rings is 1. The van der Waals surface area contributed by atoms with Crippen LogP contribution in [0.5, 0.6) is 5.75 Å². The third-order valence-electron chi connectivity index (χ3n) is 3.98. The summed E-state index contributed by atoms with van der Waals surface area (Å²) in [6.07, 6.45) is 0.924. The molecule has 0 aliphatic heterocycles. The topological polar surface area (TPSA) is 21.3 Å². The van der Waals surface area contributed by atoms with Crippen LogP contribution in [0.2, 0.25) is 0 Å². The molecule has 0 radical (unpaired) electrons. The van der Waals surface area contributed by atoms with Gasteiger partial charge in [0.25, 0.3) is 0 Å². The Morgan fingerprint density at radius 3 is 2.64 bits per heavy atom. The lowest BCUT2D eigenvalue weighted by atomic mass is 9.99. The third kappa shape index (κ3) is 3.01. The van der Waals surface area contributed by atoms with Gasteiger partial charge >= 0.3 is 0 Å². The number of nitrogens with one attached hydrogen (secondary N) is 1. The summed E-state index contributed by atoms with van der Waals surface area (Å²) < 4.78 is 6.53. The molecule has 0 spiro atoms. The molecule has 3 rings (SSSR count). The predicted octanol–water partition coefficient (Wildman–Crippen LogP) is 4.81. The lowest BCUT2D eigenvalue weighted by molar-refractivity contribution is 0.0834. The van der Waals surface area contributed by atoms with Crippen LogP contribution in [-0.2, 0) is 5.60 Å². The molecule has 3 aromatic rings. The van der Waals surface area contributed by atoms with Crippen LogP contribution in [0.15, 0.2) is 60.0 Å². The van der Waals surface area contributed by atoms with E-state index in [2.05, 4.69) is 72.2 Å². The number of hydrogen-bond acceptors (Lipinski definition) is 3. The van der Waals surface area contributed by atoms with E-state index < -0.39 is 0 Å². The van der Waals surface area contributed by atoms with Gasteiger partial charge in [-0.2, -0.15) is 0 Å². The fraction of sp³-hybridized carbons (Fsp3) is 0.263. The van der Waals surface area contributed by atoms with Gasteiger partial charge in [0.15, 0.2) is 0 Å². The first kappa shape index (κ1) is 15.1. The molecular weight excluding hydrogens is 290 g/mol. The van der Waals surface area contributed by atoms with Gasteiger partial charge < -0.3 is 10.1 Å². The van der Waals surface area contributed by atoms with E-state index in [-0.39, 0.29) is 5.60 Å². The second kappa shape index (κ2) is 6.51. The van der Waals surface area contributed by atoms with Crippen LogP contribution >= 0.6 is 11.3 Å². The molecule has 0 bridgehead atoms. The Bertz CT molecular complexity index is 733. The van der Waals surface area contributed by atoms with Crippen molar-refractivity contribution < 1.29 is 4.74 Å². The Balaban J connectivity index is 1.99. The normalized spacial score (nSPS) is 13.9. The van der Waals surface area contributed by atoms with Crippen LogP contribution in [0.4, 0.5) is 0 Å². The quantitative estimate of drug-likeness (QED) is 0.705. The average Bonchev–Trinajstić information content (AvgIpc) is 3.09. The Labute approximate surface area is 135 Å². The van der Waals surface area contributed by atoms with E-state index in [0.29, 0.717) is 0 Å². The van der Waals surface area contributed by atoms with Crippen molar-refractivity contribution in [2.75, 3.05) is 13.6 Å². The highest BCUT2D eigenvalue weighted by atomic mass is 32.1. The van der Waals surface area contributed by atoms with Crippen LogP contribution in [0.3, 0.4) is 0 Å². The highest BCUT2D eigenvalue weighted by Crippen LogP contribution is 2.36. The molecule has 1 aromatic heterocycles.